The molecule has 4 aromatic rings. The minimum atomic E-state index is -0.00655. The van der Waals surface area contributed by atoms with Gasteiger partial charge in [0.05, 0.1) is 32.3 Å². The number of carbonyl (C=O) groups excluding carboxylic acids is 2. The zero-order chi connectivity index (χ0) is 35.7. The first-order valence-electron chi connectivity index (χ1n) is 18.6. The normalized spacial score (nSPS) is 16.1. The lowest BCUT2D eigenvalue weighted by Gasteiger charge is -2.29. The van der Waals surface area contributed by atoms with E-state index in [2.05, 4.69) is 91.8 Å². The van der Waals surface area contributed by atoms with Gasteiger partial charge in [0, 0.05) is 42.4 Å². The van der Waals surface area contributed by atoms with E-state index >= 15 is 9.59 Å². The third-order valence-electron chi connectivity index (χ3n) is 10.6. The van der Waals surface area contributed by atoms with E-state index in [1.54, 1.807) is 22.7 Å². The van der Waals surface area contributed by atoms with Gasteiger partial charge in [-0.2, -0.15) is 0 Å². The van der Waals surface area contributed by atoms with Gasteiger partial charge < -0.3 is 9.80 Å². The number of fused-ring (bicyclic) bond motifs is 1. The number of amides is 2. The Morgan fingerprint density at radius 1 is 0.540 bits per heavy atom. The number of carbonyl (C=O) groups is 2. The molecular weight excluding hydrogens is 693 g/mol. The lowest BCUT2D eigenvalue weighted by atomic mass is 9.98. The number of nitrogens with zero attached hydrogens (tertiary/aromatic N) is 2. The van der Waals surface area contributed by atoms with Crippen molar-refractivity contribution in [2.75, 3.05) is 13.1 Å². The van der Waals surface area contributed by atoms with E-state index in [0.29, 0.717) is 36.1 Å². The molecule has 6 heterocycles. The van der Waals surface area contributed by atoms with Gasteiger partial charge in [0.25, 0.3) is 11.8 Å². The highest BCUT2D eigenvalue weighted by Crippen LogP contribution is 2.51. The summed E-state index contributed by atoms with van der Waals surface area (Å²) in [7, 11) is 0. The molecule has 8 heteroatoms. The van der Waals surface area contributed by atoms with E-state index < -0.39 is 0 Å². The molecule has 0 bridgehead atoms. The van der Waals surface area contributed by atoms with Crippen molar-refractivity contribution in [1.82, 2.24) is 9.80 Å². The maximum absolute atomic E-state index is 15.0. The predicted molar refractivity (Wildman–Crippen MR) is 218 cm³/mol. The van der Waals surface area contributed by atoms with Gasteiger partial charge in [-0.25, -0.2) is 0 Å². The Labute approximate surface area is 315 Å². The van der Waals surface area contributed by atoms with E-state index in [1.807, 2.05) is 32.5 Å². The second-order valence-electron chi connectivity index (χ2n) is 14.1. The summed E-state index contributed by atoms with van der Waals surface area (Å²) in [6.07, 6.45) is 8.73. The molecule has 2 amide bonds. The molecule has 4 aromatic heterocycles. The van der Waals surface area contributed by atoms with Gasteiger partial charge in [-0.05, 0) is 99.9 Å². The molecule has 0 N–H and O–H groups in total. The van der Waals surface area contributed by atoms with E-state index in [-0.39, 0.29) is 11.8 Å². The molecule has 0 radical (unpaired) electrons. The summed E-state index contributed by atoms with van der Waals surface area (Å²) in [5, 5.41) is 0. The van der Waals surface area contributed by atoms with Crippen LogP contribution in [0.1, 0.15) is 110 Å². The molecule has 266 valence electrons. The maximum Gasteiger partial charge on any atom is 0.261 e. The highest BCUT2D eigenvalue weighted by atomic mass is 32.1. The molecule has 50 heavy (non-hydrogen) atoms. The molecular formula is C42H52N2O2S4. The molecule has 2 atom stereocenters. The van der Waals surface area contributed by atoms with Crippen LogP contribution in [0.5, 0.6) is 0 Å². The molecule has 2 unspecified atom stereocenters. The highest BCUT2D eigenvalue weighted by Gasteiger charge is 2.50. The summed E-state index contributed by atoms with van der Waals surface area (Å²) >= 11 is 7.07. The zero-order valence-corrected chi connectivity index (χ0v) is 34.3. The van der Waals surface area contributed by atoms with Crippen LogP contribution in [0.4, 0.5) is 0 Å². The van der Waals surface area contributed by atoms with Crippen molar-refractivity contribution in [2.45, 2.75) is 107 Å². The van der Waals surface area contributed by atoms with Crippen LogP contribution in [0.15, 0.2) is 47.5 Å². The van der Waals surface area contributed by atoms with E-state index in [0.717, 1.165) is 72.5 Å². The first kappa shape index (κ1) is 37.0. The summed E-state index contributed by atoms with van der Waals surface area (Å²) in [5.74, 6) is 0.742. The fourth-order valence-electron chi connectivity index (χ4n) is 7.19. The van der Waals surface area contributed by atoms with Gasteiger partial charge in [0.1, 0.15) is 0 Å². The number of hydrogen-bond donors (Lipinski definition) is 0. The maximum atomic E-state index is 15.0. The van der Waals surface area contributed by atoms with Crippen LogP contribution in [0, 0.1) is 39.5 Å². The number of thiophene rings is 4. The van der Waals surface area contributed by atoms with Crippen LogP contribution < -0.4 is 0 Å². The number of rotatable bonds is 16. The molecule has 0 saturated heterocycles. The van der Waals surface area contributed by atoms with Crippen molar-refractivity contribution in [3.05, 3.63) is 78.2 Å². The van der Waals surface area contributed by atoms with E-state index in [4.69, 9.17) is 0 Å². The van der Waals surface area contributed by atoms with E-state index in [9.17, 15) is 0 Å². The standard InChI is InChI=1S/C42H52N2O2S4/c1-9-13-15-29(11-3)23-43-39(33-19-17-31(49-33)35-21-25(5)27(7)47-35)37-38(41(43)45)40(44(42(37)46)24-30(12-4)16-14-10-2)34-20-18-32(50-34)36-22-26(6)28(8)48-36/h17-22,29-30H,9-16,23-24H2,1-8H3. The van der Waals surface area contributed by atoms with Gasteiger partial charge >= 0.3 is 0 Å². The minimum absolute atomic E-state index is 0.00655. The van der Waals surface area contributed by atoms with Crippen LogP contribution >= 0.6 is 45.3 Å². The van der Waals surface area contributed by atoms with Crippen molar-refractivity contribution >= 4 is 68.6 Å². The Kier molecular flexibility index (Phi) is 11.7. The quantitative estimate of drug-likeness (QED) is 0.115. The van der Waals surface area contributed by atoms with Gasteiger partial charge in [0.2, 0.25) is 0 Å². The SMILES string of the molecule is CCCCC(CC)CN1C(=O)C2=C(c3ccc(-c4cc(C)c(C)s4)s3)N(CC(CC)CCCC)C(=O)C2=C1c1ccc(-c2cc(C)c(C)s2)s1. The fraction of sp³-hybridized carbons (Fsp3) is 0.476. The Balaban J connectivity index is 1.52. The van der Waals surface area contributed by atoms with Crippen LogP contribution in [-0.4, -0.2) is 34.7 Å². The average Bonchev–Trinajstić information content (AvgIpc) is 3.96. The van der Waals surface area contributed by atoms with E-state index in [1.165, 1.54) is 40.4 Å². The summed E-state index contributed by atoms with van der Waals surface area (Å²) in [5.41, 5.74) is 5.49. The van der Waals surface area contributed by atoms with Crippen LogP contribution in [0.2, 0.25) is 0 Å². The molecule has 6 rings (SSSR count). The minimum Gasteiger partial charge on any atom is -0.306 e. The second kappa shape index (κ2) is 15.9. The first-order valence-corrected chi connectivity index (χ1v) is 21.8. The number of aryl methyl sites for hydroxylation is 4. The Hall–Kier alpha value is -2.78. The molecule has 0 spiro atoms. The van der Waals surface area contributed by atoms with Crippen molar-refractivity contribution in [3.8, 4) is 19.5 Å². The predicted octanol–water partition coefficient (Wildman–Crippen LogP) is 12.7. The Morgan fingerprint density at radius 2 is 0.920 bits per heavy atom. The van der Waals surface area contributed by atoms with Gasteiger partial charge in [-0.15, -0.1) is 45.3 Å². The van der Waals surface area contributed by atoms with Gasteiger partial charge in [-0.1, -0.05) is 66.2 Å². The number of hydrogen-bond acceptors (Lipinski definition) is 6. The smallest absolute Gasteiger partial charge is 0.261 e. The molecule has 4 nitrogen and oxygen atoms in total. The lowest BCUT2D eigenvalue weighted by Crippen LogP contribution is -2.34. The van der Waals surface area contributed by atoms with Crippen molar-refractivity contribution in [1.29, 1.82) is 0 Å². The molecule has 0 aromatic carbocycles. The van der Waals surface area contributed by atoms with Gasteiger partial charge in [-0.3, -0.25) is 9.59 Å². The Morgan fingerprint density at radius 3 is 1.24 bits per heavy atom. The average molecular weight is 745 g/mol. The first-order chi connectivity index (χ1) is 24.1. The molecule has 2 aliphatic heterocycles. The molecule has 0 saturated carbocycles. The molecule has 2 aliphatic rings. The lowest BCUT2D eigenvalue weighted by molar-refractivity contribution is -0.124. The van der Waals surface area contributed by atoms with Crippen molar-refractivity contribution < 1.29 is 9.59 Å². The zero-order valence-electron chi connectivity index (χ0n) is 31.0. The third-order valence-corrected chi connectivity index (χ3v) is 15.5. The second-order valence-corrected chi connectivity index (χ2v) is 18.8. The third kappa shape index (κ3) is 7.15. The summed E-state index contributed by atoms with van der Waals surface area (Å²) in [4.78, 5) is 43.6. The van der Waals surface area contributed by atoms with Crippen LogP contribution in [0.3, 0.4) is 0 Å². The van der Waals surface area contributed by atoms with Crippen molar-refractivity contribution in [3.63, 3.8) is 0 Å². The topological polar surface area (TPSA) is 40.6 Å². The van der Waals surface area contributed by atoms with Gasteiger partial charge in [0.15, 0.2) is 0 Å². The molecule has 0 aliphatic carbocycles. The van der Waals surface area contributed by atoms with Crippen molar-refractivity contribution in [2.24, 2.45) is 11.8 Å². The monoisotopic (exact) mass is 744 g/mol. The summed E-state index contributed by atoms with van der Waals surface area (Å²) in [6.45, 7) is 18.9. The largest absolute Gasteiger partial charge is 0.306 e. The molecule has 0 fully saturated rings. The fourth-order valence-corrected chi connectivity index (χ4v) is 11.6. The summed E-state index contributed by atoms with van der Waals surface area (Å²) in [6, 6.07) is 13.2. The van der Waals surface area contributed by atoms with Crippen LogP contribution in [-0.2, 0) is 9.59 Å². The Bertz CT molecular complexity index is 1750. The number of unbranched alkanes of at least 4 members (excludes halogenated alkanes) is 2. The highest BCUT2D eigenvalue weighted by molar-refractivity contribution is 7.23. The summed E-state index contributed by atoms with van der Waals surface area (Å²) < 4.78 is 0. The van der Waals surface area contributed by atoms with Crippen LogP contribution in [0.25, 0.3) is 30.9 Å².